The van der Waals surface area contributed by atoms with E-state index in [-0.39, 0.29) is 18.0 Å². The smallest absolute Gasteiger partial charge is 0.243 e. The summed E-state index contributed by atoms with van der Waals surface area (Å²) >= 11 is 0. The molecule has 3 heteroatoms. The topological polar surface area (TPSA) is 55.1 Å². The van der Waals surface area contributed by atoms with Crippen molar-refractivity contribution in [3.8, 4) is 0 Å². The quantitative estimate of drug-likeness (QED) is 0.557. The van der Waals surface area contributed by atoms with Gasteiger partial charge in [0.15, 0.2) is 0 Å². The van der Waals surface area contributed by atoms with E-state index in [2.05, 4.69) is 11.9 Å². The van der Waals surface area contributed by atoms with Crippen molar-refractivity contribution in [1.29, 1.82) is 0 Å². The molecule has 2 atom stereocenters. The van der Waals surface area contributed by atoms with E-state index in [1.165, 1.54) is 6.08 Å². The predicted molar refractivity (Wildman–Crippen MR) is 44.0 cm³/mol. The highest BCUT2D eigenvalue weighted by Crippen LogP contribution is 2.16. The Bertz CT molecular complexity index is 167. The number of carbonyl (C=O) groups excluding carboxylic acids is 1. The fraction of sp³-hybridized carbons (Fsp3) is 0.625. The molecule has 0 bridgehead atoms. The van der Waals surface area contributed by atoms with E-state index in [1.807, 2.05) is 0 Å². The van der Waals surface area contributed by atoms with Gasteiger partial charge in [0.25, 0.3) is 0 Å². The molecule has 0 heterocycles. The summed E-state index contributed by atoms with van der Waals surface area (Å²) in [5.41, 5.74) is 5.67. The summed E-state index contributed by atoms with van der Waals surface area (Å²) in [6.07, 6.45) is 4.21. The number of nitrogens with one attached hydrogen (secondary N) is 1. The average Bonchev–Trinajstić information content (AvgIpc) is 2.35. The average molecular weight is 154 g/mol. The SMILES string of the molecule is C=CC(=O)NC1CCC(N)C1. The molecular formula is C8H14N2O. The third-order valence-corrected chi connectivity index (χ3v) is 2.00. The lowest BCUT2D eigenvalue weighted by Crippen LogP contribution is -2.32. The van der Waals surface area contributed by atoms with Crippen LogP contribution in [-0.2, 0) is 4.79 Å². The summed E-state index contributed by atoms with van der Waals surface area (Å²) in [7, 11) is 0. The first kappa shape index (κ1) is 8.27. The Labute approximate surface area is 66.6 Å². The van der Waals surface area contributed by atoms with Crippen LogP contribution in [0, 0.1) is 0 Å². The number of hydrogen-bond acceptors (Lipinski definition) is 2. The van der Waals surface area contributed by atoms with Crippen molar-refractivity contribution < 1.29 is 4.79 Å². The summed E-state index contributed by atoms with van der Waals surface area (Å²) in [5.74, 6) is -0.0934. The zero-order valence-electron chi connectivity index (χ0n) is 6.55. The second-order valence-corrected chi connectivity index (χ2v) is 2.98. The lowest BCUT2D eigenvalue weighted by atomic mass is 10.2. The molecule has 3 nitrogen and oxygen atoms in total. The van der Waals surface area contributed by atoms with Crippen molar-refractivity contribution in [3.63, 3.8) is 0 Å². The van der Waals surface area contributed by atoms with E-state index in [0.717, 1.165) is 19.3 Å². The molecule has 1 rings (SSSR count). The van der Waals surface area contributed by atoms with E-state index in [4.69, 9.17) is 5.73 Å². The minimum absolute atomic E-state index is 0.0934. The van der Waals surface area contributed by atoms with Gasteiger partial charge in [-0.3, -0.25) is 4.79 Å². The van der Waals surface area contributed by atoms with Gasteiger partial charge >= 0.3 is 0 Å². The molecule has 0 saturated heterocycles. The van der Waals surface area contributed by atoms with Crippen LogP contribution in [0.25, 0.3) is 0 Å². The van der Waals surface area contributed by atoms with Crippen molar-refractivity contribution in [3.05, 3.63) is 12.7 Å². The Morgan fingerprint density at radius 2 is 2.36 bits per heavy atom. The maximum Gasteiger partial charge on any atom is 0.243 e. The van der Waals surface area contributed by atoms with E-state index < -0.39 is 0 Å². The zero-order valence-corrected chi connectivity index (χ0v) is 6.55. The maximum atomic E-state index is 10.8. The van der Waals surface area contributed by atoms with Gasteiger partial charge < -0.3 is 11.1 Å². The molecule has 0 spiro atoms. The zero-order chi connectivity index (χ0) is 8.27. The highest BCUT2D eigenvalue weighted by molar-refractivity contribution is 5.87. The third kappa shape index (κ3) is 2.35. The molecule has 0 radical (unpaired) electrons. The Hall–Kier alpha value is -0.830. The fourth-order valence-electron chi connectivity index (χ4n) is 1.41. The molecule has 1 saturated carbocycles. The molecule has 0 aromatic heterocycles. The summed E-state index contributed by atoms with van der Waals surface area (Å²) in [6, 6.07) is 0.542. The van der Waals surface area contributed by atoms with Gasteiger partial charge in [0, 0.05) is 12.1 Å². The first-order chi connectivity index (χ1) is 5.22. The van der Waals surface area contributed by atoms with E-state index in [0.29, 0.717) is 0 Å². The summed E-state index contributed by atoms with van der Waals surface area (Å²) in [6.45, 7) is 3.38. The molecular weight excluding hydrogens is 140 g/mol. The molecule has 2 unspecified atom stereocenters. The summed E-state index contributed by atoms with van der Waals surface area (Å²) in [4.78, 5) is 10.8. The lowest BCUT2D eigenvalue weighted by molar-refractivity contribution is -0.117. The van der Waals surface area contributed by atoms with Crippen LogP contribution in [0.15, 0.2) is 12.7 Å². The second kappa shape index (κ2) is 3.53. The molecule has 0 aliphatic heterocycles. The van der Waals surface area contributed by atoms with Crippen molar-refractivity contribution in [1.82, 2.24) is 5.32 Å². The van der Waals surface area contributed by atoms with Gasteiger partial charge in [-0.2, -0.15) is 0 Å². The van der Waals surface area contributed by atoms with E-state index >= 15 is 0 Å². The van der Waals surface area contributed by atoms with Gasteiger partial charge in [0.05, 0.1) is 0 Å². The van der Waals surface area contributed by atoms with Crippen molar-refractivity contribution in [2.45, 2.75) is 31.3 Å². The van der Waals surface area contributed by atoms with Crippen molar-refractivity contribution in [2.75, 3.05) is 0 Å². The van der Waals surface area contributed by atoms with Gasteiger partial charge in [-0.25, -0.2) is 0 Å². The van der Waals surface area contributed by atoms with Gasteiger partial charge in [-0.05, 0) is 25.3 Å². The highest BCUT2D eigenvalue weighted by atomic mass is 16.1. The number of carbonyl (C=O) groups is 1. The van der Waals surface area contributed by atoms with Crippen molar-refractivity contribution in [2.24, 2.45) is 5.73 Å². The molecule has 1 fully saturated rings. The van der Waals surface area contributed by atoms with Gasteiger partial charge in [-0.1, -0.05) is 6.58 Å². The second-order valence-electron chi connectivity index (χ2n) is 2.98. The lowest BCUT2D eigenvalue weighted by Gasteiger charge is -2.09. The minimum atomic E-state index is -0.0934. The molecule has 0 aromatic rings. The maximum absolute atomic E-state index is 10.8. The molecule has 1 aliphatic carbocycles. The number of hydrogen-bond donors (Lipinski definition) is 2. The standard InChI is InChI=1S/C8H14N2O/c1-2-8(11)10-7-4-3-6(9)5-7/h2,6-7H,1,3-5,9H2,(H,10,11). The van der Waals surface area contributed by atoms with Crippen LogP contribution >= 0.6 is 0 Å². The summed E-state index contributed by atoms with van der Waals surface area (Å²) < 4.78 is 0. The fourth-order valence-corrected chi connectivity index (χ4v) is 1.41. The van der Waals surface area contributed by atoms with Gasteiger partial charge in [-0.15, -0.1) is 0 Å². The number of amides is 1. The van der Waals surface area contributed by atoms with Crippen LogP contribution in [0.3, 0.4) is 0 Å². The van der Waals surface area contributed by atoms with Gasteiger partial charge in [0.1, 0.15) is 0 Å². The molecule has 62 valence electrons. The van der Waals surface area contributed by atoms with Crippen LogP contribution in [0.4, 0.5) is 0 Å². The Kier molecular flexibility index (Phi) is 2.65. The Morgan fingerprint density at radius 1 is 1.64 bits per heavy atom. The minimum Gasteiger partial charge on any atom is -0.350 e. The Balaban J connectivity index is 2.28. The van der Waals surface area contributed by atoms with E-state index in [9.17, 15) is 4.79 Å². The Morgan fingerprint density at radius 3 is 2.82 bits per heavy atom. The summed E-state index contributed by atoms with van der Waals surface area (Å²) in [5, 5.41) is 2.82. The normalized spacial score (nSPS) is 29.9. The number of rotatable bonds is 2. The monoisotopic (exact) mass is 154 g/mol. The molecule has 1 amide bonds. The van der Waals surface area contributed by atoms with Crippen molar-refractivity contribution >= 4 is 5.91 Å². The number of nitrogens with two attached hydrogens (primary N) is 1. The molecule has 11 heavy (non-hydrogen) atoms. The first-order valence-corrected chi connectivity index (χ1v) is 3.91. The van der Waals surface area contributed by atoms with E-state index in [1.54, 1.807) is 0 Å². The molecule has 1 aliphatic rings. The molecule has 3 N–H and O–H groups in total. The molecule has 0 aromatic carbocycles. The third-order valence-electron chi connectivity index (χ3n) is 2.00. The van der Waals surface area contributed by atoms with Crippen LogP contribution in [0.1, 0.15) is 19.3 Å². The van der Waals surface area contributed by atoms with Gasteiger partial charge in [0.2, 0.25) is 5.91 Å². The highest BCUT2D eigenvalue weighted by Gasteiger charge is 2.21. The van der Waals surface area contributed by atoms with Crippen LogP contribution in [-0.4, -0.2) is 18.0 Å². The predicted octanol–water partition coefficient (Wildman–Crippen LogP) is 0.168. The first-order valence-electron chi connectivity index (χ1n) is 3.91. The largest absolute Gasteiger partial charge is 0.350 e. The van der Waals surface area contributed by atoms with Crippen LogP contribution < -0.4 is 11.1 Å². The van der Waals surface area contributed by atoms with Crippen LogP contribution in [0.2, 0.25) is 0 Å². The van der Waals surface area contributed by atoms with Crippen LogP contribution in [0.5, 0.6) is 0 Å².